The van der Waals surface area contributed by atoms with Crippen molar-refractivity contribution in [2.45, 2.75) is 59.8 Å². The summed E-state index contributed by atoms with van der Waals surface area (Å²) < 4.78 is 0. The van der Waals surface area contributed by atoms with Gasteiger partial charge < -0.3 is 10.0 Å². The maximum absolute atomic E-state index is 11.3. The maximum atomic E-state index is 11.3. The molecule has 0 aliphatic carbocycles. The Kier molecular flexibility index (Phi) is 8.00. The van der Waals surface area contributed by atoms with Crippen LogP contribution in [0.4, 0.5) is 5.69 Å². The van der Waals surface area contributed by atoms with Crippen LogP contribution in [0.3, 0.4) is 0 Å². The summed E-state index contributed by atoms with van der Waals surface area (Å²) in [5.41, 5.74) is 3.80. The number of unbranched alkanes of at least 4 members (excludes halogenated alkanes) is 3. The Balaban J connectivity index is 2.95. The van der Waals surface area contributed by atoms with Gasteiger partial charge in [-0.1, -0.05) is 58.2 Å². The molecule has 0 aliphatic rings. The molecule has 1 atom stereocenters. The van der Waals surface area contributed by atoms with E-state index in [1.165, 1.54) is 36.1 Å². The fourth-order valence-corrected chi connectivity index (χ4v) is 2.89. The quantitative estimate of drug-likeness (QED) is 0.639. The Morgan fingerprint density at radius 3 is 2.55 bits per heavy atom. The first kappa shape index (κ1) is 18.5. The molecule has 1 aromatic carbocycles. The molecule has 1 aromatic rings. The van der Waals surface area contributed by atoms with Crippen molar-refractivity contribution in [1.29, 1.82) is 0 Å². The summed E-state index contributed by atoms with van der Waals surface area (Å²) in [5.74, 6) is -1.07. The van der Waals surface area contributed by atoms with E-state index in [2.05, 4.69) is 43.9 Å². The third kappa shape index (κ3) is 5.36. The van der Waals surface area contributed by atoms with Crippen molar-refractivity contribution in [2.75, 3.05) is 18.0 Å². The highest BCUT2D eigenvalue weighted by molar-refractivity contribution is 5.71. The Hall–Kier alpha value is -1.51. The molecule has 124 valence electrons. The lowest BCUT2D eigenvalue weighted by molar-refractivity contribution is -0.140. The van der Waals surface area contributed by atoms with Gasteiger partial charge in [0.1, 0.15) is 0 Å². The molecule has 0 saturated carbocycles. The molecule has 3 heteroatoms. The van der Waals surface area contributed by atoms with Gasteiger partial charge in [-0.3, -0.25) is 4.79 Å². The molecule has 1 N–H and O–H groups in total. The lowest BCUT2D eigenvalue weighted by atomic mass is 10.0. The van der Waals surface area contributed by atoms with Gasteiger partial charge >= 0.3 is 5.97 Å². The minimum absolute atomic E-state index is 0.351. The topological polar surface area (TPSA) is 40.5 Å². The van der Waals surface area contributed by atoms with Crippen molar-refractivity contribution in [3.05, 3.63) is 29.3 Å². The zero-order valence-corrected chi connectivity index (χ0v) is 14.6. The number of carboxylic acid groups (broad SMARTS) is 1. The highest BCUT2D eigenvalue weighted by atomic mass is 16.4. The molecule has 0 amide bonds. The molecule has 1 unspecified atom stereocenters. The highest BCUT2D eigenvalue weighted by Crippen LogP contribution is 2.27. The summed E-state index contributed by atoms with van der Waals surface area (Å²) in [4.78, 5) is 13.5. The van der Waals surface area contributed by atoms with Crippen LogP contribution in [0.2, 0.25) is 0 Å². The molecule has 1 rings (SSSR count). The second kappa shape index (κ2) is 9.50. The maximum Gasteiger partial charge on any atom is 0.308 e. The second-order valence-corrected chi connectivity index (χ2v) is 6.18. The molecule has 3 nitrogen and oxygen atoms in total. The van der Waals surface area contributed by atoms with Crippen molar-refractivity contribution in [3.8, 4) is 0 Å². The molecule has 0 bridgehead atoms. The number of hydrogen-bond acceptors (Lipinski definition) is 2. The van der Waals surface area contributed by atoms with E-state index in [1.807, 2.05) is 0 Å². The van der Waals surface area contributed by atoms with E-state index in [1.54, 1.807) is 6.92 Å². The number of para-hydroxylation sites is 1. The van der Waals surface area contributed by atoms with Crippen LogP contribution >= 0.6 is 0 Å². The molecule has 22 heavy (non-hydrogen) atoms. The number of aryl methyl sites for hydroxylation is 2. The second-order valence-electron chi connectivity index (χ2n) is 6.18. The van der Waals surface area contributed by atoms with Crippen molar-refractivity contribution >= 4 is 11.7 Å². The van der Waals surface area contributed by atoms with Gasteiger partial charge in [-0.05, 0) is 30.9 Å². The molecule has 0 radical (unpaired) electrons. The molecule has 0 heterocycles. The number of carbonyl (C=O) groups is 1. The van der Waals surface area contributed by atoms with Crippen molar-refractivity contribution in [2.24, 2.45) is 5.92 Å². The van der Waals surface area contributed by atoms with E-state index in [0.717, 1.165) is 19.4 Å². The van der Waals surface area contributed by atoms with E-state index in [-0.39, 0.29) is 5.92 Å². The average molecular weight is 305 g/mol. The van der Waals surface area contributed by atoms with Crippen LogP contribution in [-0.2, 0) is 11.2 Å². The van der Waals surface area contributed by atoms with Crippen molar-refractivity contribution in [3.63, 3.8) is 0 Å². The zero-order chi connectivity index (χ0) is 16.5. The van der Waals surface area contributed by atoms with Gasteiger partial charge in [0.25, 0.3) is 0 Å². The Morgan fingerprint density at radius 2 is 1.95 bits per heavy atom. The minimum atomic E-state index is -0.717. The van der Waals surface area contributed by atoms with Gasteiger partial charge in [0.05, 0.1) is 5.92 Å². The van der Waals surface area contributed by atoms with Gasteiger partial charge in [-0.2, -0.15) is 0 Å². The summed E-state index contributed by atoms with van der Waals surface area (Å²) >= 11 is 0. The summed E-state index contributed by atoms with van der Waals surface area (Å²) in [7, 11) is 0. The largest absolute Gasteiger partial charge is 0.481 e. The monoisotopic (exact) mass is 305 g/mol. The molecule has 0 spiro atoms. The van der Waals surface area contributed by atoms with Crippen LogP contribution in [0.15, 0.2) is 18.2 Å². The lowest BCUT2D eigenvalue weighted by Crippen LogP contribution is -2.34. The van der Waals surface area contributed by atoms with Gasteiger partial charge in [0.2, 0.25) is 0 Å². The van der Waals surface area contributed by atoms with Crippen LogP contribution in [0.5, 0.6) is 0 Å². The number of anilines is 1. The first-order chi connectivity index (χ1) is 10.5. The average Bonchev–Trinajstić information content (AvgIpc) is 2.49. The van der Waals surface area contributed by atoms with Crippen LogP contribution in [0.1, 0.15) is 57.6 Å². The number of rotatable bonds is 10. The number of benzene rings is 1. The predicted octanol–water partition coefficient (Wildman–Crippen LogP) is 4.66. The molecule has 0 aliphatic heterocycles. The van der Waals surface area contributed by atoms with E-state index in [9.17, 15) is 9.90 Å². The van der Waals surface area contributed by atoms with Crippen molar-refractivity contribution in [1.82, 2.24) is 0 Å². The highest BCUT2D eigenvalue weighted by Gasteiger charge is 2.19. The summed E-state index contributed by atoms with van der Waals surface area (Å²) in [6, 6.07) is 6.37. The Morgan fingerprint density at radius 1 is 1.23 bits per heavy atom. The standard InChI is InChI=1S/C19H31NO2/c1-5-7-8-9-13-20(14-16(4)19(21)22)18-15(3)11-10-12-17(18)6-2/h10-12,16H,5-9,13-14H2,1-4H3,(H,21,22). The van der Waals surface area contributed by atoms with Crippen LogP contribution in [0, 0.1) is 12.8 Å². The minimum Gasteiger partial charge on any atom is -0.481 e. The number of carboxylic acids is 1. The predicted molar refractivity (Wildman–Crippen MR) is 93.7 cm³/mol. The SMILES string of the molecule is CCCCCCN(CC(C)C(=O)O)c1c(C)cccc1CC. The molecule has 0 saturated heterocycles. The number of hydrogen-bond donors (Lipinski definition) is 1. The molecular weight excluding hydrogens is 274 g/mol. The van der Waals surface area contributed by atoms with Crippen LogP contribution in [-0.4, -0.2) is 24.2 Å². The Labute approximate surface area is 135 Å². The van der Waals surface area contributed by atoms with Crippen molar-refractivity contribution < 1.29 is 9.90 Å². The fourth-order valence-electron chi connectivity index (χ4n) is 2.89. The summed E-state index contributed by atoms with van der Waals surface area (Å²) in [6.45, 7) is 9.81. The first-order valence-corrected chi connectivity index (χ1v) is 8.57. The van der Waals surface area contributed by atoms with Crippen LogP contribution in [0.25, 0.3) is 0 Å². The van der Waals surface area contributed by atoms with Crippen LogP contribution < -0.4 is 4.90 Å². The summed E-state index contributed by atoms with van der Waals surface area (Å²) in [5, 5.41) is 9.26. The summed E-state index contributed by atoms with van der Waals surface area (Å²) in [6.07, 6.45) is 5.77. The van der Waals surface area contributed by atoms with Gasteiger partial charge in [-0.25, -0.2) is 0 Å². The van der Waals surface area contributed by atoms with E-state index >= 15 is 0 Å². The van der Waals surface area contributed by atoms with Gasteiger partial charge in [-0.15, -0.1) is 0 Å². The lowest BCUT2D eigenvalue weighted by Gasteiger charge is -2.30. The number of aliphatic carboxylic acids is 1. The van der Waals surface area contributed by atoms with Gasteiger partial charge in [0.15, 0.2) is 0 Å². The van der Waals surface area contributed by atoms with Gasteiger partial charge in [0, 0.05) is 18.8 Å². The first-order valence-electron chi connectivity index (χ1n) is 8.57. The molecule has 0 aromatic heterocycles. The molecular formula is C19H31NO2. The number of nitrogens with zero attached hydrogens (tertiary/aromatic N) is 1. The smallest absolute Gasteiger partial charge is 0.308 e. The zero-order valence-electron chi connectivity index (χ0n) is 14.6. The Bertz CT molecular complexity index is 471. The third-order valence-electron chi connectivity index (χ3n) is 4.22. The van der Waals surface area contributed by atoms with E-state index in [0.29, 0.717) is 6.54 Å². The fraction of sp³-hybridized carbons (Fsp3) is 0.632. The third-order valence-corrected chi connectivity index (χ3v) is 4.22. The normalized spacial score (nSPS) is 12.2. The van der Waals surface area contributed by atoms with E-state index in [4.69, 9.17) is 0 Å². The van der Waals surface area contributed by atoms with E-state index < -0.39 is 5.97 Å². The molecule has 0 fully saturated rings.